The van der Waals surface area contributed by atoms with Crippen molar-refractivity contribution in [3.63, 3.8) is 0 Å². The molecule has 0 aliphatic rings. The molecule has 7 nitrogen and oxygen atoms in total. The number of benzene rings is 3. The molecule has 0 bridgehead atoms. The van der Waals surface area contributed by atoms with Crippen LogP contribution < -0.4 is 8.92 Å². The number of nitro groups is 1. The van der Waals surface area contributed by atoms with Crippen LogP contribution in [0.2, 0.25) is 0 Å². The zero-order chi connectivity index (χ0) is 19.5. The van der Waals surface area contributed by atoms with Crippen LogP contribution in [0.5, 0.6) is 0 Å². The Balaban J connectivity index is 2.22. The zero-order valence-corrected chi connectivity index (χ0v) is 16.4. The third-order valence-electron chi connectivity index (χ3n) is 3.67. The number of hydrogen-bond acceptors (Lipinski definition) is 5. The van der Waals surface area contributed by atoms with Crippen molar-refractivity contribution in [3.05, 3.63) is 95.0 Å². The summed E-state index contributed by atoms with van der Waals surface area (Å²) in [6.07, 6.45) is 0. The molecule has 0 aliphatic heterocycles. The molecule has 138 valence electrons. The van der Waals surface area contributed by atoms with Gasteiger partial charge < -0.3 is 0 Å². The Morgan fingerprint density at radius 2 is 1.22 bits per heavy atom. The Kier molecular flexibility index (Phi) is 5.18. The molecule has 0 amide bonds. The quantitative estimate of drug-likeness (QED) is 0.337. The molecule has 9 heteroatoms. The first-order chi connectivity index (χ1) is 12.8. The minimum atomic E-state index is -4.43. The average molecular weight is 449 g/mol. The molecule has 0 fully saturated rings. The van der Waals surface area contributed by atoms with Crippen molar-refractivity contribution in [2.45, 2.75) is 4.90 Å². The number of nitrogens with zero attached hydrogens (tertiary/aromatic N) is 2. The van der Waals surface area contributed by atoms with E-state index in [1.807, 2.05) is 0 Å². The fraction of sp³-hybridized carbons (Fsp3) is 0. The molecule has 0 saturated heterocycles. The first kappa shape index (κ1) is 18.9. The van der Waals surface area contributed by atoms with Gasteiger partial charge in [0.15, 0.2) is 0 Å². The Morgan fingerprint density at radius 3 is 1.63 bits per heavy atom. The van der Waals surface area contributed by atoms with Crippen molar-refractivity contribution < 1.29 is 17.2 Å². The number of rotatable bonds is 5. The van der Waals surface area contributed by atoms with Gasteiger partial charge in [-0.15, -0.1) is 0 Å². The van der Waals surface area contributed by atoms with Crippen LogP contribution in [-0.2, 0) is 13.9 Å². The molecule has 3 rings (SSSR count). The van der Waals surface area contributed by atoms with Crippen molar-refractivity contribution in [2.75, 3.05) is 0 Å². The molecule has 0 spiro atoms. The van der Waals surface area contributed by atoms with E-state index >= 15 is 0 Å². The van der Waals surface area contributed by atoms with Crippen molar-refractivity contribution in [3.8, 4) is 0 Å². The van der Waals surface area contributed by atoms with E-state index in [0.29, 0.717) is 8.92 Å². The summed E-state index contributed by atoms with van der Waals surface area (Å²) in [7, 11) is -4.30. The number of sulfonamides is 1. The summed E-state index contributed by atoms with van der Waals surface area (Å²) in [4.78, 5) is 9.87. The Hall–Kier alpha value is -2.87. The van der Waals surface area contributed by atoms with Crippen LogP contribution in [0.3, 0.4) is 0 Å². The maximum atomic E-state index is 13.8. The van der Waals surface area contributed by atoms with Gasteiger partial charge in [-0.2, -0.15) is 0 Å². The van der Waals surface area contributed by atoms with Gasteiger partial charge in [-0.3, -0.25) is 0 Å². The Morgan fingerprint density at radius 1 is 0.778 bits per heavy atom. The SMILES string of the molecule is O=[N+]([O-])c1ccc(S(=O)(=O)N=[Se](=O)(c2ccccc2)c2ccccc2)cc1. The normalized spacial score (nSPS) is 11.7. The van der Waals surface area contributed by atoms with Gasteiger partial charge in [0, 0.05) is 0 Å². The van der Waals surface area contributed by atoms with Crippen LogP contribution in [0.1, 0.15) is 0 Å². The van der Waals surface area contributed by atoms with Gasteiger partial charge in [-0.1, -0.05) is 0 Å². The monoisotopic (exact) mass is 450 g/mol. The molecule has 0 heterocycles. The molecule has 0 saturated carbocycles. The molecule has 0 N–H and O–H groups in total. The van der Waals surface area contributed by atoms with Gasteiger partial charge in [-0.05, 0) is 0 Å². The molecule has 27 heavy (non-hydrogen) atoms. The fourth-order valence-electron chi connectivity index (χ4n) is 2.35. The Bertz CT molecular complexity index is 1140. The van der Waals surface area contributed by atoms with Gasteiger partial charge in [0.2, 0.25) is 0 Å². The van der Waals surface area contributed by atoms with E-state index in [-0.39, 0.29) is 10.6 Å². The third kappa shape index (κ3) is 3.95. The van der Waals surface area contributed by atoms with E-state index in [0.717, 1.165) is 24.3 Å². The van der Waals surface area contributed by atoms with E-state index in [1.165, 1.54) is 0 Å². The van der Waals surface area contributed by atoms with Gasteiger partial charge in [0.1, 0.15) is 0 Å². The third-order valence-corrected chi connectivity index (χ3v) is 11.3. The number of non-ortho nitro benzene ring substituents is 1. The summed E-state index contributed by atoms with van der Waals surface area (Å²) in [5.41, 5.74) is -0.243. The molecule has 0 unspecified atom stereocenters. The van der Waals surface area contributed by atoms with Crippen LogP contribution in [-0.4, -0.2) is 25.9 Å². The Labute approximate surface area is 157 Å². The number of hydrogen-bond donors (Lipinski definition) is 0. The van der Waals surface area contributed by atoms with Gasteiger partial charge >= 0.3 is 158 Å². The van der Waals surface area contributed by atoms with Crippen LogP contribution >= 0.6 is 0 Å². The first-order valence-electron chi connectivity index (χ1n) is 7.71. The summed E-state index contributed by atoms with van der Waals surface area (Å²) in [5.74, 6) is 0. The van der Waals surface area contributed by atoms with Crippen molar-refractivity contribution >= 4 is 37.2 Å². The average Bonchev–Trinajstić information content (AvgIpc) is 2.69. The standard InChI is InChI=1S/C18H14N2O5SSe/c21-20(22)15-11-13-16(14-12-15)26(23,24)19-27(25,17-7-3-1-4-8-17)18-9-5-2-6-10-18/h1-14H. The van der Waals surface area contributed by atoms with Crippen LogP contribution in [0.25, 0.3) is 0 Å². The second-order valence-corrected chi connectivity index (χ2v) is 12.1. The molecular weight excluding hydrogens is 435 g/mol. The van der Waals surface area contributed by atoms with Crippen LogP contribution in [0.15, 0.2) is 93.2 Å². The zero-order valence-electron chi connectivity index (χ0n) is 13.8. The van der Waals surface area contributed by atoms with Crippen molar-refractivity contribution in [1.29, 1.82) is 0 Å². The van der Waals surface area contributed by atoms with E-state index in [1.54, 1.807) is 60.7 Å². The van der Waals surface area contributed by atoms with E-state index in [2.05, 4.69) is 3.37 Å². The predicted octanol–water partition coefficient (Wildman–Crippen LogP) is 2.24. The van der Waals surface area contributed by atoms with E-state index < -0.39 is 27.5 Å². The minimum absolute atomic E-state index is 0.243. The molecule has 3 aromatic carbocycles. The second kappa shape index (κ2) is 7.40. The van der Waals surface area contributed by atoms with Gasteiger partial charge in [-0.25, -0.2) is 0 Å². The summed E-state index contributed by atoms with van der Waals surface area (Å²) in [6.45, 7) is 0. The summed E-state index contributed by atoms with van der Waals surface area (Å²) in [6, 6.07) is 20.8. The fourth-order valence-corrected chi connectivity index (χ4v) is 9.51. The van der Waals surface area contributed by atoms with Crippen molar-refractivity contribution in [1.82, 2.24) is 0 Å². The topological polar surface area (TPSA) is 107 Å². The molecule has 0 atom stereocenters. The number of nitro benzene ring substituents is 1. The molecule has 0 aliphatic carbocycles. The molecule has 3 aromatic rings. The predicted molar refractivity (Wildman–Crippen MR) is 101 cm³/mol. The van der Waals surface area contributed by atoms with Gasteiger partial charge in [0.25, 0.3) is 0 Å². The molecule has 0 aromatic heterocycles. The molecular formula is C18H14N2O5SSe. The molecule has 0 radical (unpaired) electrons. The maximum absolute atomic E-state index is 13.8. The summed E-state index contributed by atoms with van der Waals surface area (Å²) < 4.78 is 43.8. The van der Waals surface area contributed by atoms with Crippen LogP contribution in [0.4, 0.5) is 5.69 Å². The summed E-state index contributed by atoms with van der Waals surface area (Å²) >= 11 is -4.43. The van der Waals surface area contributed by atoms with E-state index in [4.69, 9.17) is 0 Å². The first-order valence-corrected chi connectivity index (χ1v) is 12.3. The van der Waals surface area contributed by atoms with Crippen molar-refractivity contribution in [2.24, 2.45) is 3.37 Å². The second-order valence-electron chi connectivity index (χ2n) is 5.45. The van der Waals surface area contributed by atoms with Gasteiger partial charge in [0.05, 0.1) is 0 Å². The summed E-state index contributed by atoms with van der Waals surface area (Å²) in [5, 5.41) is 10.8. The van der Waals surface area contributed by atoms with Crippen LogP contribution in [0, 0.1) is 10.1 Å². The van der Waals surface area contributed by atoms with E-state index in [9.17, 15) is 22.4 Å².